The third-order valence-corrected chi connectivity index (χ3v) is 5.01. The third-order valence-electron chi connectivity index (χ3n) is 3.64. The van der Waals surface area contributed by atoms with E-state index in [1.54, 1.807) is 4.68 Å². The number of nitrogens with zero attached hydrogens (tertiary/aromatic N) is 3. The van der Waals surface area contributed by atoms with Crippen LogP contribution < -0.4 is 0 Å². The maximum absolute atomic E-state index is 11.3. The Kier molecular flexibility index (Phi) is 4.23. The minimum absolute atomic E-state index is 0.195. The summed E-state index contributed by atoms with van der Waals surface area (Å²) in [4.78, 5) is 2.21. The molecular formula is C12H20ClN3O2S. The normalized spacial score (nSPS) is 21.2. The smallest absolute Gasteiger partial charge is 0.148 e. The average Bonchev–Trinajstić information content (AvgIpc) is 2.82. The molecule has 1 fully saturated rings. The molecule has 1 aromatic rings. The molecule has 1 aromatic heterocycles. The van der Waals surface area contributed by atoms with Crippen LogP contribution in [0.25, 0.3) is 0 Å². The fourth-order valence-corrected chi connectivity index (χ4v) is 3.60. The van der Waals surface area contributed by atoms with Crippen LogP contribution >= 0.6 is 11.6 Å². The highest BCUT2D eigenvalue weighted by Gasteiger charge is 2.31. The molecule has 108 valence electrons. The topological polar surface area (TPSA) is 55.2 Å². The molecule has 1 unspecified atom stereocenters. The van der Waals surface area contributed by atoms with Crippen molar-refractivity contribution in [3.8, 4) is 0 Å². The SMILES string of the molecule is Cc1nn(C)c(Cl)c1C1CCCN1CCS(C)(=O)=O. The molecule has 7 heteroatoms. The molecule has 0 spiro atoms. The molecule has 19 heavy (non-hydrogen) atoms. The van der Waals surface area contributed by atoms with Crippen molar-refractivity contribution in [1.29, 1.82) is 0 Å². The summed E-state index contributed by atoms with van der Waals surface area (Å²) < 4.78 is 24.3. The van der Waals surface area contributed by atoms with Crippen molar-refractivity contribution in [2.45, 2.75) is 25.8 Å². The van der Waals surface area contributed by atoms with Crippen LogP contribution in [0, 0.1) is 6.92 Å². The van der Waals surface area contributed by atoms with Crippen molar-refractivity contribution in [2.24, 2.45) is 7.05 Å². The second-order valence-electron chi connectivity index (χ2n) is 5.24. The molecule has 1 atom stereocenters. The lowest BCUT2D eigenvalue weighted by molar-refractivity contribution is 0.272. The van der Waals surface area contributed by atoms with Gasteiger partial charge in [0.25, 0.3) is 0 Å². The Hall–Kier alpha value is -0.590. The fraction of sp³-hybridized carbons (Fsp3) is 0.750. The van der Waals surface area contributed by atoms with Gasteiger partial charge in [-0.3, -0.25) is 9.58 Å². The van der Waals surface area contributed by atoms with Gasteiger partial charge < -0.3 is 0 Å². The third kappa shape index (κ3) is 3.30. The van der Waals surface area contributed by atoms with E-state index < -0.39 is 9.84 Å². The first-order chi connectivity index (χ1) is 8.79. The van der Waals surface area contributed by atoms with Crippen molar-refractivity contribution in [1.82, 2.24) is 14.7 Å². The van der Waals surface area contributed by atoms with E-state index in [4.69, 9.17) is 11.6 Å². The van der Waals surface area contributed by atoms with Crippen molar-refractivity contribution in [3.63, 3.8) is 0 Å². The van der Waals surface area contributed by atoms with Gasteiger partial charge in [0.1, 0.15) is 15.0 Å². The molecule has 1 saturated heterocycles. The van der Waals surface area contributed by atoms with Gasteiger partial charge >= 0.3 is 0 Å². The first-order valence-electron chi connectivity index (χ1n) is 6.40. The molecule has 0 amide bonds. The highest BCUT2D eigenvalue weighted by Crippen LogP contribution is 2.37. The molecular weight excluding hydrogens is 286 g/mol. The van der Waals surface area contributed by atoms with Gasteiger partial charge in [-0.05, 0) is 26.3 Å². The number of aromatic nitrogens is 2. The number of hydrogen-bond donors (Lipinski definition) is 0. The van der Waals surface area contributed by atoms with Gasteiger partial charge in [-0.25, -0.2) is 8.42 Å². The summed E-state index contributed by atoms with van der Waals surface area (Å²) in [6, 6.07) is 0.197. The Morgan fingerprint density at radius 2 is 2.16 bits per heavy atom. The van der Waals surface area contributed by atoms with Crippen LogP contribution in [0.2, 0.25) is 5.15 Å². The molecule has 5 nitrogen and oxygen atoms in total. The highest BCUT2D eigenvalue weighted by molar-refractivity contribution is 7.90. The van der Waals surface area contributed by atoms with Crippen molar-refractivity contribution < 1.29 is 8.42 Å². The minimum Gasteiger partial charge on any atom is -0.295 e. The molecule has 0 radical (unpaired) electrons. The summed E-state index contributed by atoms with van der Waals surface area (Å²) in [7, 11) is -1.10. The van der Waals surface area contributed by atoms with Crippen LogP contribution in [0.5, 0.6) is 0 Å². The van der Waals surface area contributed by atoms with Crippen molar-refractivity contribution in [3.05, 3.63) is 16.4 Å². The van der Waals surface area contributed by atoms with E-state index in [0.29, 0.717) is 11.7 Å². The summed E-state index contributed by atoms with van der Waals surface area (Å²) in [5, 5.41) is 5.00. The summed E-state index contributed by atoms with van der Waals surface area (Å²) in [6.07, 6.45) is 3.36. The van der Waals surface area contributed by atoms with E-state index in [1.807, 2.05) is 14.0 Å². The molecule has 0 saturated carbocycles. The van der Waals surface area contributed by atoms with Crippen LogP contribution in [0.3, 0.4) is 0 Å². The number of sulfone groups is 1. The van der Waals surface area contributed by atoms with E-state index in [0.717, 1.165) is 30.6 Å². The van der Waals surface area contributed by atoms with E-state index in [2.05, 4.69) is 10.00 Å². The Bertz CT molecular complexity index is 568. The number of halogens is 1. The number of rotatable bonds is 4. The van der Waals surface area contributed by atoms with E-state index in [1.165, 1.54) is 6.26 Å². The summed E-state index contributed by atoms with van der Waals surface area (Å²) in [6.45, 7) is 3.44. The Balaban J connectivity index is 2.19. The van der Waals surface area contributed by atoms with E-state index in [9.17, 15) is 8.42 Å². The van der Waals surface area contributed by atoms with Crippen LogP contribution in [0.1, 0.15) is 30.1 Å². The Morgan fingerprint density at radius 1 is 1.47 bits per heavy atom. The maximum Gasteiger partial charge on any atom is 0.148 e. The van der Waals surface area contributed by atoms with Crippen molar-refractivity contribution >= 4 is 21.4 Å². The lowest BCUT2D eigenvalue weighted by Gasteiger charge is -2.24. The largest absolute Gasteiger partial charge is 0.295 e. The molecule has 0 bridgehead atoms. The van der Waals surface area contributed by atoms with Crippen LogP contribution in [0.4, 0.5) is 0 Å². The predicted octanol–water partition coefficient (Wildman–Crippen LogP) is 1.56. The van der Waals surface area contributed by atoms with Crippen LogP contribution in [-0.4, -0.2) is 48.2 Å². The number of likely N-dealkylation sites (tertiary alicyclic amines) is 1. The van der Waals surface area contributed by atoms with Crippen molar-refractivity contribution in [2.75, 3.05) is 25.1 Å². The van der Waals surface area contributed by atoms with Gasteiger partial charge in [0.2, 0.25) is 0 Å². The summed E-state index contributed by atoms with van der Waals surface area (Å²) in [5.74, 6) is 0.195. The zero-order chi connectivity index (χ0) is 14.2. The Morgan fingerprint density at radius 3 is 2.68 bits per heavy atom. The molecule has 2 rings (SSSR count). The molecule has 1 aliphatic rings. The number of aryl methyl sites for hydroxylation is 2. The lowest BCUT2D eigenvalue weighted by atomic mass is 10.1. The minimum atomic E-state index is -2.93. The monoisotopic (exact) mass is 305 g/mol. The second kappa shape index (κ2) is 5.42. The second-order valence-corrected chi connectivity index (χ2v) is 7.86. The van der Waals surface area contributed by atoms with Crippen LogP contribution in [-0.2, 0) is 16.9 Å². The fourth-order valence-electron chi connectivity index (χ4n) is 2.73. The van der Waals surface area contributed by atoms with E-state index in [-0.39, 0.29) is 11.8 Å². The first-order valence-corrected chi connectivity index (χ1v) is 8.84. The Labute approximate surface area is 119 Å². The molecule has 1 aliphatic heterocycles. The molecule has 0 aliphatic carbocycles. The number of hydrogen-bond acceptors (Lipinski definition) is 4. The first kappa shape index (κ1) is 14.8. The molecule has 2 heterocycles. The van der Waals surface area contributed by atoms with Crippen LogP contribution in [0.15, 0.2) is 0 Å². The van der Waals surface area contributed by atoms with Gasteiger partial charge in [0.15, 0.2) is 0 Å². The maximum atomic E-state index is 11.3. The highest BCUT2D eigenvalue weighted by atomic mass is 35.5. The quantitative estimate of drug-likeness (QED) is 0.847. The summed E-state index contributed by atoms with van der Waals surface area (Å²) >= 11 is 6.31. The molecule has 0 N–H and O–H groups in total. The zero-order valence-corrected chi connectivity index (χ0v) is 13.1. The standard InChI is InChI=1S/C12H20ClN3O2S/c1-9-11(12(13)15(2)14-9)10-5-4-6-16(10)7-8-19(3,17)18/h10H,4-8H2,1-3H3. The van der Waals surface area contributed by atoms with E-state index >= 15 is 0 Å². The van der Waals surface area contributed by atoms with Gasteiger partial charge in [-0.1, -0.05) is 11.6 Å². The lowest BCUT2D eigenvalue weighted by Crippen LogP contribution is -2.29. The zero-order valence-electron chi connectivity index (χ0n) is 11.6. The summed E-state index contributed by atoms with van der Waals surface area (Å²) in [5.41, 5.74) is 1.99. The van der Waals surface area contributed by atoms with Gasteiger partial charge in [-0.2, -0.15) is 5.10 Å². The molecule has 0 aromatic carbocycles. The van der Waals surface area contributed by atoms with Gasteiger partial charge in [0, 0.05) is 31.5 Å². The van der Waals surface area contributed by atoms with Gasteiger partial charge in [0.05, 0.1) is 11.4 Å². The van der Waals surface area contributed by atoms with Gasteiger partial charge in [-0.15, -0.1) is 0 Å². The average molecular weight is 306 g/mol. The predicted molar refractivity (Wildman–Crippen MR) is 76.2 cm³/mol.